The number of aryl methyl sites for hydroxylation is 1. The van der Waals surface area contributed by atoms with Gasteiger partial charge in [-0.1, -0.05) is 71.9 Å². The van der Waals surface area contributed by atoms with Crippen LogP contribution in [0.2, 0.25) is 0 Å². The van der Waals surface area contributed by atoms with Crippen LogP contribution < -0.4 is 4.90 Å². The Balaban J connectivity index is 0.000000750. The van der Waals surface area contributed by atoms with Gasteiger partial charge in [-0.3, -0.25) is 4.90 Å². The van der Waals surface area contributed by atoms with Gasteiger partial charge in [0.15, 0.2) is 0 Å². The fourth-order valence-corrected chi connectivity index (χ4v) is 4.43. The van der Waals surface area contributed by atoms with E-state index < -0.39 is 0 Å². The molecule has 1 fully saturated rings. The van der Waals surface area contributed by atoms with Crippen molar-refractivity contribution in [2.24, 2.45) is 0 Å². The Morgan fingerprint density at radius 3 is 1.97 bits per heavy atom. The zero-order chi connectivity index (χ0) is 27.4. The van der Waals surface area contributed by atoms with E-state index in [4.69, 9.17) is 9.97 Å². The summed E-state index contributed by atoms with van der Waals surface area (Å²) in [5, 5.41) is 1.13. The van der Waals surface area contributed by atoms with Crippen LogP contribution in [0.15, 0.2) is 67.1 Å². The van der Waals surface area contributed by atoms with Crippen LogP contribution in [0.5, 0.6) is 0 Å². The molecule has 0 saturated carbocycles. The van der Waals surface area contributed by atoms with E-state index >= 15 is 0 Å². The van der Waals surface area contributed by atoms with Crippen molar-refractivity contribution in [2.45, 2.75) is 67.9 Å². The number of para-hydroxylation sites is 2. The molecule has 5 rings (SSSR count). The van der Waals surface area contributed by atoms with Crippen molar-refractivity contribution in [1.82, 2.24) is 24.4 Å². The van der Waals surface area contributed by atoms with Crippen molar-refractivity contribution in [1.29, 1.82) is 0 Å². The van der Waals surface area contributed by atoms with Gasteiger partial charge in [0.1, 0.15) is 11.6 Å². The number of rotatable bonds is 4. The van der Waals surface area contributed by atoms with Crippen molar-refractivity contribution in [2.75, 3.05) is 31.1 Å². The highest BCUT2D eigenvalue weighted by Gasteiger charge is 2.34. The van der Waals surface area contributed by atoms with E-state index in [1.54, 1.807) is 0 Å². The average molecular weight is 503 g/mol. The topological polar surface area (TPSA) is 50.1 Å². The van der Waals surface area contributed by atoms with Gasteiger partial charge in [0.05, 0.1) is 23.1 Å². The first kappa shape index (κ1) is 30.0. The molecule has 0 spiro atoms. The lowest BCUT2D eigenvalue weighted by molar-refractivity contribution is 0.107. The van der Waals surface area contributed by atoms with Gasteiger partial charge in [0.2, 0.25) is 0 Å². The number of imidazole rings is 1. The number of piperazine rings is 1. The number of aromatic nitrogens is 4. The molecule has 3 heterocycles. The van der Waals surface area contributed by atoms with Crippen molar-refractivity contribution >= 4 is 16.7 Å². The molecule has 0 radical (unpaired) electrons. The van der Waals surface area contributed by atoms with E-state index in [9.17, 15) is 0 Å². The quantitative estimate of drug-likeness (QED) is 0.294. The Bertz CT molecular complexity index is 1190. The summed E-state index contributed by atoms with van der Waals surface area (Å²) in [6.07, 6.45) is 4.07. The Morgan fingerprint density at radius 1 is 0.730 bits per heavy atom. The van der Waals surface area contributed by atoms with Crippen molar-refractivity contribution < 1.29 is 0 Å². The Kier molecular flexibility index (Phi) is 11.7. The average Bonchev–Trinajstić information content (AvgIpc) is 3.48. The molecule has 2 aromatic heterocycles. The lowest BCUT2D eigenvalue weighted by atomic mass is 9.97. The molecule has 4 aromatic rings. The van der Waals surface area contributed by atoms with Gasteiger partial charge in [0, 0.05) is 43.4 Å². The molecule has 0 unspecified atom stereocenters. The molecule has 0 bridgehead atoms. The van der Waals surface area contributed by atoms with Gasteiger partial charge in [-0.2, -0.15) is 0 Å². The van der Waals surface area contributed by atoms with Gasteiger partial charge in [-0.05, 0) is 45.0 Å². The largest absolute Gasteiger partial charge is 0.353 e. The molecule has 0 aliphatic carbocycles. The summed E-state index contributed by atoms with van der Waals surface area (Å²) >= 11 is 0. The van der Waals surface area contributed by atoms with E-state index in [-0.39, 0.29) is 5.54 Å². The second-order valence-corrected chi connectivity index (χ2v) is 8.65. The molecular formula is C31H46N6. The van der Waals surface area contributed by atoms with Gasteiger partial charge >= 0.3 is 0 Å². The van der Waals surface area contributed by atoms with Gasteiger partial charge in [-0.25, -0.2) is 15.0 Å². The van der Waals surface area contributed by atoms with Gasteiger partial charge in [-0.15, -0.1) is 0 Å². The Hall–Kier alpha value is -3.25. The minimum Gasteiger partial charge on any atom is -0.353 e. The minimum atomic E-state index is -0.143. The highest BCUT2D eigenvalue weighted by molar-refractivity contribution is 5.89. The number of hydrogen-bond acceptors (Lipinski definition) is 5. The zero-order valence-corrected chi connectivity index (χ0v) is 24.4. The lowest BCUT2D eigenvalue weighted by Gasteiger charge is -2.43. The molecule has 1 aliphatic rings. The maximum Gasteiger partial charge on any atom is 0.140 e. The maximum atomic E-state index is 4.79. The summed E-state index contributed by atoms with van der Waals surface area (Å²) in [6, 6.07) is 18.6. The maximum absolute atomic E-state index is 4.79. The predicted octanol–water partition coefficient (Wildman–Crippen LogP) is 7.26. The summed E-state index contributed by atoms with van der Waals surface area (Å²) in [6.45, 7) is 22.3. The van der Waals surface area contributed by atoms with Gasteiger partial charge < -0.3 is 9.47 Å². The predicted molar refractivity (Wildman–Crippen MR) is 159 cm³/mol. The molecule has 37 heavy (non-hydrogen) atoms. The molecule has 1 saturated heterocycles. The third-order valence-electron chi connectivity index (χ3n) is 6.33. The molecule has 0 N–H and O–H groups in total. The second-order valence-electron chi connectivity index (χ2n) is 8.65. The van der Waals surface area contributed by atoms with Crippen LogP contribution >= 0.6 is 0 Å². The highest BCUT2D eigenvalue weighted by Crippen LogP contribution is 2.30. The molecule has 2 aromatic carbocycles. The monoisotopic (exact) mass is 502 g/mol. The van der Waals surface area contributed by atoms with Crippen LogP contribution in [-0.4, -0.2) is 50.6 Å². The zero-order valence-electron chi connectivity index (χ0n) is 24.4. The SMILES string of the molecule is CC.CC.CC.Cc1nc(N2CCN(C(C)(C)c3cn(-c4ccccc4)cn3)CC2)c2ccccc2n1. The fourth-order valence-electron chi connectivity index (χ4n) is 4.43. The second kappa shape index (κ2) is 14.5. The molecule has 0 atom stereocenters. The van der Waals surface area contributed by atoms with Crippen LogP contribution in [0.4, 0.5) is 5.82 Å². The lowest BCUT2D eigenvalue weighted by Crippen LogP contribution is -2.53. The number of nitrogens with zero attached hydrogens (tertiary/aromatic N) is 6. The number of anilines is 1. The third-order valence-corrected chi connectivity index (χ3v) is 6.33. The summed E-state index contributed by atoms with van der Waals surface area (Å²) in [5.41, 5.74) is 3.09. The molecule has 0 amide bonds. The molecule has 6 nitrogen and oxygen atoms in total. The van der Waals surface area contributed by atoms with Crippen molar-refractivity contribution in [3.63, 3.8) is 0 Å². The van der Waals surface area contributed by atoms with Crippen LogP contribution in [0.1, 0.15) is 66.9 Å². The standard InChI is InChI=1S/C25H28N6.3C2H6/c1-19-27-22-12-8-7-11-21(22)24(28-19)29-13-15-31(16-14-29)25(2,3)23-17-30(18-26-23)20-9-5-4-6-10-20;3*1-2/h4-12,17-18H,13-16H2,1-3H3;3*1-2H3. The summed E-state index contributed by atoms with van der Waals surface area (Å²) < 4.78 is 2.10. The molecule has 1 aliphatic heterocycles. The number of hydrogen-bond donors (Lipinski definition) is 0. The number of benzene rings is 2. The van der Waals surface area contributed by atoms with E-state index in [1.807, 2.05) is 66.9 Å². The van der Waals surface area contributed by atoms with Crippen molar-refractivity contribution in [3.05, 3.63) is 78.6 Å². The molecule has 200 valence electrons. The summed E-state index contributed by atoms with van der Waals surface area (Å²) in [7, 11) is 0. The summed E-state index contributed by atoms with van der Waals surface area (Å²) in [5.74, 6) is 1.87. The van der Waals surface area contributed by atoms with Crippen LogP contribution in [-0.2, 0) is 5.54 Å². The Labute approximate surface area is 224 Å². The first-order valence-corrected chi connectivity index (χ1v) is 13.9. The molecule has 6 heteroatoms. The first-order valence-electron chi connectivity index (χ1n) is 13.9. The third kappa shape index (κ3) is 6.95. The van der Waals surface area contributed by atoms with Crippen LogP contribution in [0, 0.1) is 6.92 Å². The van der Waals surface area contributed by atoms with Crippen LogP contribution in [0.25, 0.3) is 16.6 Å². The summed E-state index contributed by atoms with van der Waals surface area (Å²) in [4.78, 5) is 19.1. The highest BCUT2D eigenvalue weighted by atomic mass is 15.3. The van der Waals surface area contributed by atoms with E-state index in [0.29, 0.717) is 0 Å². The van der Waals surface area contributed by atoms with Crippen molar-refractivity contribution in [3.8, 4) is 5.69 Å². The van der Waals surface area contributed by atoms with E-state index in [2.05, 4.69) is 81.9 Å². The van der Waals surface area contributed by atoms with E-state index in [0.717, 1.165) is 60.1 Å². The van der Waals surface area contributed by atoms with Crippen LogP contribution in [0.3, 0.4) is 0 Å². The van der Waals surface area contributed by atoms with Gasteiger partial charge in [0.25, 0.3) is 0 Å². The fraction of sp³-hybridized carbons (Fsp3) is 0.452. The minimum absolute atomic E-state index is 0.143. The normalized spacial score (nSPS) is 13.5. The van der Waals surface area contributed by atoms with E-state index in [1.165, 1.54) is 0 Å². The Morgan fingerprint density at radius 2 is 1.32 bits per heavy atom. The smallest absolute Gasteiger partial charge is 0.140 e. The molecular weight excluding hydrogens is 456 g/mol. The number of fused-ring (bicyclic) bond motifs is 1. The first-order chi connectivity index (χ1) is 18.0.